The Labute approximate surface area is 99.2 Å². The van der Waals surface area contributed by atoms with Gasteiger partial charge in [-0.3, -0.25) is 4.79 Å². The first kappa shape index (κ1) is 10.3. The first-order valence-electron chi connectivity index (χ1n) is 5.92. The Bertz CT molecular complexity index is 397. The highest BCUT2D eigenvalue weighted by Gasteiger charge is 2.29. The second-order valence-corrected chi connectivity index (χ2v) is 5.61. The van der Waals surface area contributed by atoms with E-state index in [1.54, 1.807) is 0 Å². The van der Waals surface area contributed by atoms with Gasteiger partial charge in [0.15, 0.2) is 0 Å². The molecule has 1 fully saturated rings. The summed E-state index contributed by atoms with van der Waals surface area (Å²) < 4.78 is 0. The van der Waals surface area contributed by atoms with Gasteiger partial charge < -0.3 is 10.6 Å². The molecule has 1 saturated heterocycles. The molecule has 0 radical (unpaired) electrons. The number of carbonyl (C=O) groups excluding carboxylic acids is 1. The van der Waals surface area contributed by atoms with Crippen molar-refractivity contribution in [3.63, 3.8) is 0 Å². The average Bonchev–Trinajstić information content (AvgIpc) is 2.63. The Morgan fingerprint density at radius 3 is 3.12 bits per heavy atom. The fourth-order valence-corrected chi connectivity index (χ4v) is 3.39. The molecule has 1 atom stereocenters. The summed E-state index contributed by atoms with van der Waals surface area (Å²) in [5.41, 5.74) is 1.36. The van der Waals surface area contributed by atoms with E-state index < -0.39 is 0 Å². The predicted molar refractivity (Wildman–Crippen MR) is 64.5 cm³/mol. The molecule has 1 unspecified atom stereocenters. The molecule has 1 aliphatic carbocycles. The Morgan fingerprint density at radius 1 is 1.50 bits per heavy atom. The van der Waals surface area contributed by atoms with E-state index in [1.165, 1.54) is 23.3 Å². The van der Waals surface area contributed by atoms with Crippen LogP contribution in [0.1, 0.15) is 29.3 Å². The Balaban J connectivity index is 1.70. The van der Waals surface area contributed by atoms with Gasteiger partial charge in [-0.1, -0.05) is 0 Å². The van der Waals surface area contributed by atoms with E-state index in [1.807, 2.05) is 11.3 Å². The molecule has 16 heavy (non-hydrogen) atoms. The van der Waals surface area contributed by atoms with Crippen molar-refractivity contribution in [3.05, 3.63) is 21.9 Å². The lowest BCUT2D eigenvalue weighted by Gasteiger charge is -2.30. The number of thiophene rings is 1. The van der Waals surface area contributed by atoms with Crippen LogP contribution in [0, 0.1) is 5.92 Å². The maximum atomic E-state index is 11.9. The maximum absolute atomic E-state index is 11.9. The van der Waals surface area contributed by atoms with E-state index in [0.717, 1.165) is 19.5 Å². The smallest absolute Gasteiger partial charge is 0.226 e. The molecule has 2 heterocycles. The standard InChI is InChI=1S/C12H16N2OS/c15-12(8-6-13-7-8)14-10-2-1-3-11-9(10)4-5-16-11/h4-5,8,10,13H,1-3,6-7H2,(H,14,15). The highest BCUT2D eigenvalue weighted by molar-refractivity contribution is 7.10. The number of rotatable bonds is 2. The first-order chi connectivity index (χ1) is 7.84. The lowest BCUT2D eigenvalue weighted by atomic mass is 9.93. The maximum Gasteiger partial charge on any atom is 0.226 e. The van der Waals surface area contributed by atoms with Crippen molar-refractivity contribution >= 4 is 17.2 Å². The fraction of sp³-hybridized carbons (Fsp3) is 0.583. The van der Waals surface area contributed by atoms with Gasteiger partial charge in [-0.15, -0.1) is 11.3 Å². The molecule has 1 amide bonds. The average molecular weight is 236 g/mol. The van der Waals surface area contributed by atoms with Crippen LogP contribution in [0.25, 0.3) is 0 Å². The van der Waals surface area contributed by atoms with E-state index >= 15 is 0 Å². The number of aryl methyl sites for hydroxylation is 1. The molecule has 1 aromatic rings. The zero-order valence-electron chi connectivity index (χ0n) is 9.16. The summed E-state index contributed by atoms with van der Waals surface area (Å²) in [6.45, 7) is 1.68. The normalized spacial score (nSPS) is 24.6. The van der Waals surface area contributed by atoms with E-state index in [2.05, 4.69) is 22.1 Å². The summed E-state index contributed by atoms with van der Waals surface area (Å²) in [7, 11) is 0. The van der Waals surface area contributed by atoms with Crippen molar-refractivity contribution in [3.8, 4) is 0 Å². The molecule has 0 spiro atoms. The number of nitrogens with one attached hydrogen (secondary N) is 2. The van der Waals surface area contributed by atoms with Crippen molar-refractivity contribution in [2.75, 3.05) is 13.1 Å². The summed E-state index contributed by atoms with van der Waals surface area (Å²) in [4.78, 5) is 13.3. The number of carbonyl (C=O) groups is 1. The van der Waals surface area contributed by atoms with Crippen LogP contribution < -0.4 is 10.6 Å². The van der Waals surface area contributed by atoms with Gasteiger partial charge >= 0.3 is 0 Å². The molecule has 0 aromatic carbocycles. The summed E-state index contributed by atoms with van der Waals surface area (Å²) >= 11 is 1.82. The quantitative estimate of drug-likeness (QED) is 0.816. The Morgan fingerprint density at radius 2 is 2.38 bits per heavy atom. The minimum absolute atomic E-state index is 0.198. The molecule has 0 bridgehead atoms. The van der Waals surface area contributed by atoms with Crippen molar-refractivity contribution in [1.29, 1.82) is 0 Å². The van der Waals surface area contributed by atoms with E-state index in [4.69, 9.17) is 0 Å². The van der Waals surface area contributed by atoms with Crippen molar-refractivity contribution in [2.45, 2.75) is 25.3 Å². The van der Waals surface area contributed by atoms with Gasteiger partial charge in [0, 0.05) is 18.0 Å². The third kappa shape index (κ3) is 1.76. The Kier molecular flexibility index (Phi) is 2.69. The molecule has 2 N–H and O–H groups in total. The van der Waals surface area contributed by atoms with Crippen LogP contribution in [0.3, 0.4) is 0 Å². The Hall–Kier alpha value is -0.870. The van der Waals surface area contributed by atoms with Crippen LogP contribution in [0.4, 0.5) is 0 Å². The van der Waals surface area contributed by atoms with Crippen LogP contribution in [-0.2, 0) is 11.2 Å². The SMILES string of the molecule is O=C(NC1CCCc2sccc21)C1CNC1. The zero-order chi connectivity index (χ0) is 11.0. The number of fused-ring (bicyclic) bond motifs is 1. The third-order valence-corrected chi connectivity index (χ3v) is 4.52. The topological polar surface area (TPSA) is 41.1 Å². The molecule has 4 heteroatoms. The highest BCUT2D eigenvalue weighted by Crippen LogP contribution is 2.33. The zero-order valence-corrected chi connectivity index (χ0v) is 9.98. The van der Waals surface area contributed by atoms with Crippen LogP contribution in [0.2, 0.25) is 0 Å². The molecule has 1 aliphatic heterocycles. The lowest BCUT2D eigenvalue weighted by molar-refractivity contribution is -0.127. The second kappa shape index (κ2) is 4.18. The van der Waals surface area contributed by atoms with E-state index in [0.29, 0.717) is 0 Å². The van der Waals surface area contributed by atoms with Crippen LogP contribution in [0.5, 0.6) is 0 Å². The van der Waals surface area contributed by atoms with Gasteiger partial charge in [0.05, 0.1) is 12.0 Å². The molecule has 86 valence electrons. The van der Waals surface area contributed by atoms with Crippen LogP contribution in [-0.4, -0.2) is 19.0 Å². The third-order valence-electron chi connectivity index (χ3n) is 3.52. The minimum atomic E-state index is 0.198. The van der Waals surface area contributed by atoms with Crippen molar-refractivity contribution < 1.29 is 4.79 Å². The molecular formula is C12H16N2OS. The summed E-state index contributed by atoms with van der Waals surface area (Å²) in [5.74, 6) is 0.423. The fourth-order valence-electron chi connectivity index (χ4n) is 2.40. The monoisotopic (exact) mass is 236 g/mol. The summed E-state index contributed by atoms with van der Waals surface area (Å²) in [5, 5.41) is 8.46. The molecule has 1 aromatic heterocycles. The largest absolute Gasteiger partial charge is 0.349 e. The molecule has 3 nitrogen and oxygen atoms in total. The minimum Gasteiger partial charge on any atom is -0.349 e. The van der Waals surface area contributed by atoms with Crippen molar-refractivity contribution in [2.24, 2.45) is 5.92 Å². The predicted octanol–water partition coefficient (Wildman–Crippen LogP) is 1.46. The van der Waals surface area contributed by atoms with E-state index in [-0.39, 0.29) is 17.9 Å². The van der Waals surface area contributed by atoms with Crippen LogP contribution in [0.15, 0.2) is 11.4 Å². The van der Waals surface area contributed by atoms with Gasteiger partial charge in [0.2, 0.25) is 5.91 Å². The molecule has 2 aliphatic rings. The molecular weight excluding hydrogens is 220 g/mol. The molecule has 3 rings (SSSR count). The highest BCUT2D eigenvalue weighted by atomic mass is 32.1. The lowest BCUT2D eigenvalue weighted by Crippen LogP contribution is -2.51. The van der Waals surface area contributed by atoms with Gasteiger partial charge in [0.25, 0.3) is 0 Å². The summed E-state index contributed by atoms with van der Waals surface area (Å²) in [6.07, 6.45) is 3.47. The number of hydrogen-bond acceptors (Lipinski definition) is 3. The van der Waals surface area contributed by atoms with E-state index in [9.17, 15) is 4.79 Å². The first-order valence-corrected chi connectivity index (χ1v) is 6.80. The number of hydrogen-bond donors (Lipinski definition) is 2. The second-order valence-electron chi connectivity index (χ2n) is 4.61. The van der Waals surface area contributed by atoms with Crippen LogP contribution >= 0.6 is 11.3 Å². The van der Waals surface area contributed by atoms with Gasteiger partial charge in [0.1, 0.15) is 0 Å². The van der Waals surface area contributed by atoms with Gasteiger partial charge in [-0.2, -0.15) is 0 Å². The van der Waals surface area contributed by atoms with Gasteiger partial charge in [-0.25, -0.2) is 0 Å². The van der Waals surface area contributed by atoms with Crippen molar-refractivity contribution in [1.82, 2.24) is 10.6 Å². The molecule has 0 saturated carbocycles. The summed E-state index contributed by atoms with van der Waals surface area (Å²) in [6, 6.07) is 2.44. The number of amides is 1. The van der Waals surface area contributed by atoms with Gasteiger partial charge in [-0.05, 0) is 36.3 Å².